The number of hydrogen-bond acceptors (Lipinski definition) is 3. The molecule has 0 saturated carbocycles. The van der Waals surface area contributed by atoms with Gasteiger partial charge in [-0.1, -0.05) is 32.4 Å². The first kappa shape index (κ1) is 15.5. The van der Waals surface area contributed by atoms with Crippen molar-refractivity contribution in [2.45, 2.75) is 33.2 Å². The van der Waals surface area contributed by atoms with Crippen molar-refractivity contribution in [3.8, 4) is 0 Å². The van der Waals surface area contributed by atoms with Crippen molar-refractivity contribution < 1.29 is 19.8 Å². The van der Waals surface area contributed by atoms with Crippen molar-refractivity contribution in [3.05, 3.63) is 11.6 Å². The van der Waals surface area contributed by atoms with Gasteiger partial charge in [0.05, 0.1) is 6.61 Å². The quantitative estimate of drug-likeness (QED) is 0.662. The standard InChI is InChI=1S/C13H22N2O4/c1-13(2,3)9-4-6-15(7-5-9)12(19)14-10(8-16)11(17)18/h4,10,16H,5-8H2,1-3H3,(H,14,19)(H,17,18). The summed E-state index contributed by atoms with van der Waals surface area (Å²) in [4.78, 5) is 24.1. The number of rotatable bonds is 3. The Morgan fingerprint density at radius 2 is 2.11 bits per heavy atom. The van der Waals surface area contributed by atoms with E-state index in [1.54, 1.807) is 4.90 Å². The fourth-order valence-corrected chi connectivity index (χ4v) is 1.96. The SMILES string of the molecule is CC(C)(C)C1=CCN(C(=O)NC(CO)C(=O)O)CC1. The van der Waals surface area contributed by atoms with Crippen LogP contribution in [0.4, 0.5) is 4.79 Å². The Morgan fingerprint density at radius 3 is 2.47 bits per heavy atom. The molecule has 0 aromatic carbocycles. The van der Waals surface area contributed by atoms with Gasteiger partial charge in [0.15, 0.2) is 6.04 Å². The molecule has 1 aliphatic heterocycles. The third-order valence-electron chi connectivity index (χ3n) is 3.24. The fourth-order valence-electron chi connectivity index (χ4n) is 1.96. The lowest BCUT2D eigenvalue weighted by Crippen LogP contribution is -2.50. The van der Waals surface area contributed by atoms with E-state index in [9.17, 15) is 9.59 Å². The van der Waals surface area contributed by atoms with Gasteiger partial charge in [0.25, 0.3) is 0 Å². The maximum Gasteiger partial charge on any atom is 0.328 e. The second-order valence-corrected chi connectivity index (χ2v) is 5.70. The van der Waals surface area contributed by atoms with Crippen molar-refractivity contribution in [1.29, 1.82) is 0 Å². The Morgan fingerprint density at radius 1 is 1.47 bits per heavy atom. The molecule has 108 valence electrons. The highest BCUT2D eigenvalue weighted by Gasteiger charge is 2.26. The molecule has 1 aliphatic rings. The normalized spacial score (nSPS) is 17.7. The predicted molar refractivity (Wildman–Crippen MR) is 70.8 cm³/mol. The average Bonchev–Trinajstić information content (AvgIpc) is 2.34. The Hall–Kier alpha value is -1.56. The van der Waals surface area contributed by atoms with E-state index < -0.39 is 24.6 Å². The topological polar surface area (TPSA) is 89.9 Å². The van der Waals surface area contributed by atoms with Gasteiger partial charge in [-0.05, 0) is 11.8 Å². The number of urea groups is 1. The minimum Gasteiger partial charge on any atom is -0.480 e. The minimum absolute atomic E-state index is 0.0945. The zero-order valence-corrected chi connectivity index (χ0v) is 11.6. The molecule has 0 spiro atoms. The van der Waals surface area contributed by atoms with Gasteiger partial charge in [-0.25, -0.2) is 9.59 Å². The van der Waals surface area contributed by atoms with E-state index in [0.717, 1.165) is 6.42 Å². The van der Waals surface area contributed by atoms with Crippen LogP contribution in [0.15, 0.2) is 11.6 Å². The number of nitrogens with one attached hydrogen (secondary N) is 1. The summed E-state index contributed by atoms with van der Waals surface area (Å²) in [7, 11) is 0. The summed E-state index contributed by atoms with van der Waals surface area (Å²) in [6.07, 6.45) is 2.80. The first-order valence-corrected chi connectivity index (χ1v) is 6.34. The molecule has 0 saturated heterocycles. The Balaban J connectivity index is 2.58. The van der Waals surface area contributed by atoms with Crippen molar-refractivity contribution >= 4 is 12.0 Å². The lowest BCUT2D eigenvalue weighted by Gasteiger charge is -2.32. The summed E-state index contributed by atoms with van der Waals surface area (Å²) in [6.45, 7) is 6.79. The molecule has 6 nitrogen and oxygen atoms in total. The van der Waals surface area contributed by atoms with Crippen LogP contribution in [-0.2, 0) is 4.79 Å². The number of carbonyl (C=O) groups is 2. The Kier molecular flexibility index (Phi) is 4.94. The average molecular weight is 270 g/mol. The van der Waals surface area contributed by atoms with E-state index in [1.807, 2.05) is 6.08 Å². The number of carboxylic acids is 1. The van der Waals surface area contributed by atoms with Crippen LogP contribution in [0.25, 0.3) is 0 Å². The van der Waals surface area contributed by atoms with Gasteiger partial charge < -0.3 is 20.4 Å². The van der Waals surface area contributed by atoms with Gasteiger partial charge in [-0.2, -0.15) is 0 Å². The third kappa shape index (κ3) is 4.24. The van der Waals surface area contributed by atoms with Crippen molar-refractivity contribution in [2.75, 3.05) is 19.7 Å². The zero-order chi connectivity index (χ0) is 14.6. The molecule has 6 heteroatoms. The molecule has 1 heterocycles. The molecule has 19 heavy (non-hydrogen) atoms. The smallest absolute Gasteiger partial charge is 0.328 e. The first-order chi connectivity index (χ1) is 8.75. The number of aliphatic hydroxyl groups excluding tert-OH is 1. The van der Waals surface area contributed by atoms with Crippen LogP contribution in [0.2, 0.25) is 0 Å². The third-order valence-corrected chi connectivity index (χ3v) is 3.24. The summed E-state index contributed by atoms with van der Waals surface area (Å²) < 4.78 is 0. The van der Waals surface area contributed by atoms with Crippen LogP contribution >= 0.6 is 0 Å². The second kappa shape index (κ2) is 6.06. The van der Waals surface area contributed by atoms with Gasteiger partial charge in [-0.15, -0.1) is 0 Å². The first-order valence-electron chi connectivity index (χ1n) is 6.34. The lowest BCUT2D eigenvalue weighted by molar-refractivity contribution is -0.140. The number of aliphatic hydroxyl groups is 1. The number of amides is 2. The van der Waals surface area contributed by atoms with E-state index in [0.29, 0.717) is 13.1 Å². The Bertz CT molecular complexity index is 385. The van der Waals surface area contributed by atoms with E-state index in [-0.39, 0.29) is 5.41 Å². The fraction of sp³-hybridized carbons (Fsp3) is 0.692. The van der Waals surface area contributed by atoms with Gasteiger partial charge >= 0.3 is 12.0 Å². The lowest BCUT2D eigenvalue weighted by atomic mass is 9.83. The highest BCUT2D eigenvalue weighted by molar-refractivity contribution is 5.82. The summed E-state index contributed by atoms with van der Waals surface area (Å²) in [5.41, 5.74) is 1.39. The van der Waals surface area contributed by atoms with Crippen LogP contribution < -0.4 is 5.32 Å². The molecule has 0 aromatic heterocycles. The monoisotopic (exact) mass is 270 g/mol. The number of carboxylic acid groups (broad SMARTS) is 1. The largest absolute Gasteiger partial charge is 0.480 e. The van der Waals surface area contributed by atoms with E-state index in [2.05, 4.69) is 26.1 Å². The molecule has 2 amide bonds. The van der Waals surface area contributed by atoms with Gasteiger partial charge in [0.2, 0.25) is 0 Å². The zero-order valence-electron chi connectivity index (χ0n) is 11.6. The van der Waals surface area contributed by atoms with Crippen LogP contribution in [0.3, 0.4) is 0 Å². The molecule has 1 rings (SSSR count). The van der Waals surface area contributed by atoms with Crippen LogP contribution in [0.5, 0.6) is 0 Å². The van der Waals surface area contributed by atoms with Crippen LogP contribution in [-0.4, -0.2) is 52.9 Å². The molecular weight excluding hydrogens is 248 g/mol. The highest BCUT2D eigenvalue weighted by atomic mass is 16.4. The van der Waals surface area contributed by atoms with Gasteiger partial charge in [-0.3, -0.25) is 0 Å². The van der Waals surface area contributed by atoms with Crippen molar-refractivity contribution in [3.63, 3.8) is 0 Å². The second-order valence-electron chi connectivity index (χ2n) is 5.70. The molecule has 3 N–H and O–H groups in total. The van der Waals surface area contributed by atoms with Crippen molar-refractivity contribution in [1.82, 2.24) is 10.2 Å². The molecule has 0 aliphatic carbocycles. The van der Waals surface area contributed by atoms with Crippen LogP contribution in [0, 0.1) is 5.41 Å². The summed E-state index contributed by atoms with van der Waals surface area (Å²) in [5, 5.41) is 19.9. The summed E-state index contributed by atoms with van der Waals surface area (Å²) >= 11 is 0. The van der Waals surface area contributed by atoms with E-state index in [4.69, 9.17) is 10.2 Å². The Labute approximate surface area is 113 Å². The van der Waals surface area contributed by atoms with Crippen LogP contribution in [0.1, 0.15) is 27.2 Å². The molecule has 0 fully saturated rings. The highest BCUT2D eigenvalue weighted by Crippen LogP contribution is 2.29. The predicted octanol–water partition coefficient (Wildman–Crippen LogP) is 0.820. The number of hydrogen-bond donors (Lipinski definition) is 3. The summed E-state index contributed by atoms with van der Waals surface area (Å²) in [5.74, 6) is -1.24. The number of carbonyl (C=O) groups excluding carboxylic acids is 1. The number of aliphatic carboxylic acids is 1. The molecule has 0 bridgehead atoms. The maximum atomic E-state index is 11.8. The maximum absolute atomic E-state index is 11.8. The van der Waals surface area contributed by atoms with Gasteiger partial charge in [0.1, 0.15) is 0 Å². The van der Waals surface area contributed by atoms with E-state index in [1.165, 1.54) is 5.57 Å². The number of nitrogens with zero attached hydrogens (tertiary/aromatic N) is 1. The minimum atomic E-state index is -1.25. The van der Waals surface area contributed by atoms with Crippen molar-refractivity contribution in [2.24, 2.45) is 5.41 Å². The van der Waals surface area contributed by atoms with Gasteiger partial charge in [0, 0.05) is 13.1 Å². The molecule has 1 atom stereocenters. The molecular formula is C13H22N2O4. The van der Waals surface area contributed by atoms with E-state index >= 15 is 0 Å². The summed E-state index contributed by atoms with van der Waals surface area (Å²) in [6, 6.07) is -1.70. The molecule has 1 unspecified atom stereocenters. The molecule has 0 aromatic rings. The molecule has 0 radical (unpaired) electrons.